The van der Waals surface area contributed by atoms with Crippen LogP contribution in [-0.4, -0.2) is 25.9 Å². The molecule has 0 aliphatic carbocycles. The summed E-state index contributed by atoms with van der Waals surface area (Å²) < 4.78 is 16.7. The van der Waals surface area contributed by atoms with Crippen molar-refractivity contribution in [2.45, 2.75) is 52.6 Å². The fraction of sp³-hybridized carbons (Fsp3) is 0.647. The van der Waals surface area contributed by atoms with Gasteiger partial charge in [-0.2, -0.15) is 0 Å². The Morgan fingerprint density at radius 1 is 0.800 bits per heavy atom. The first-order valence-electron chi connectivity index (χ1n) is 7.69. The van der Waals surface area contributed by atoms with Gasteiger partial charge in [0.05, 0.1) is 19.3 Å². The first kappa shape index (κ1) is 16.8. The molecule has 0 spiro atoms. The molecule has 1 rings (SSSR count). The van der Waals surface area contributed by atoms with Gasteiger partial charge >= 0.3 is 0 Å². The van der Waals surface area contributed by atoms with E-state index in [0.29, 0.717) is 13.2 Å². The molecule has 0 unspecified atom stereocenters. The quantitative estimate of drug-likeness (QED) is 0.560. The molecule has 0 radical (unpaired) electrons. The summed E-state index contributed by atoms with van der Waals surface area (Å²) in [6, 6.07) is 7.80. The van der Waals surface area contributed by atoms with E-state index in [2.05, 4.69) is 6.92 Å². The average Bonchev–Trinajstić information content (AvgIpc) is 2.44. The Balaban J connectivity index is 2.16. The minimum atomic E-state index is 0.252. The third kappa shape index (κ3) is 8.05. The maximum Gasteiger partial charge on any atom is 0.119 e. The van der Waals surface area contributed by atoms with Crippen LogP contribution >= 0.6 is 0 Å². The number of benzene rings is 1. The number of hydrogen-bond acceptors (Lipinski definition) is 3. The van der Waals surface area contributed by atoms with Crippen molar-refractivity contribution in [3.63, 3.8) is 0 Å². The molecule has 0 fully saturated rings. The first-order chi connectivity index (χ1) is 9.72. The zero-order valence-corrected chi connectivity index (χ0v) is 13.1. The van der Waals surface area contributed by atoms with Crippen molar-refractivity contribution in [2.75, 3.05) is 19.8 Å². The van der Waals surface area contributed by atoms with Gasteiger partial charge in [0.2, 0.25) is 0 Å². The van der Waals surface area contributed by atoms with Gasteiger partial charge in [-0.15, -0.1) is 0 Å². The zero-order valence-electron chi connectivity index (χ0n) is 13.1. The number of ether oxygens (including phenoxy) is 3. The van der Waals surface area contributed by atoms with Crippen LogP contribution < -0.4 is 9.47 Å². The Morgan fingerprint density at radius 2 is 1.40 bits per heavy atom. The number of unbranched alkanes of at least 4 members (excludes halogenated alkanes) is 3. The number of hydrogen-bond donors (Lipinski definition) is 0. The van der Waals surface area contributed by atoms with E-state index in [1.54, 1.807) is 0 Å². The Morgan fingerprint density at radius 3 is 1.95 bits per heavy atom. The fourth-order valence-electron chi connectivity index (χ4n) is 1.79. The summed E-state index contributed by atoms with van der Waals surface area (Å²) in [6.07, 6.45) is 5.16. The van der Waals surface area contributed by atoms with Gasteiger partial charge in [0.25, 0.3) is 0 Å². The molecule has 1 aromatic carbocycles. The van der Waals surface area contributed by atoms with Crippen LogP contribution in [0.5, 0.6) is 11.5 Å². The van der Waals surface area contributed by atoms with Gasteiger partial charge in [-0.05, 0) is 44.5 Å². The molecule has 0 saturated carbocycles. The van der Waals surface area contributed by atoms with Crippen LogP contribution in [0.15, 0.2) is 24.3 Å². The molecule has 0 aromatic heterocycles. The SMILES string of the molecule is CCCCCCOc1ccc(OCCOC(C)C)cc1. The van der Waals surface area contributed by atoms with E-state index in [-0.39, 0.29) is 6.10 Å². The van der Waals surface area contributed by atoms with E-state index >= 15 is 0 Å². The molecule has 0 saturated heterocycles. The molecular formula is C17H28O3. The van der Waals surface area contributed by atoms with Crippen LogP contribution in [0.4, 0.5) is 0 Å². The van der Waals surface area contributed by atoms with E-state index in [1.807, 2.05) is 38.1 Å². The third-order valence-electron chi connectivity index (χ3n) is 2.89. The highest BCUT2D eigenvalue weighted by molar-refractivity contribution is 5.31. The molecule has 0 amide bonds. The smallest absolute Gasteiger partial charge is 0.119 e. The summed E-state index contributed by atoms with van der Waals surface area (Å²) >= 11 is 0. The highest BCUT2D eigenvalue weighted by Crippen LogP contribution is 2.18. The maximum absolute atomic E-state index is 5.68. The summed E-state index contributed by atoms with van der Waals surface area (Å²) in [6.45, 7) is 8.25. The van der Waals surface area contributed by atoms with E-state index < -0.39 is 0 Å². The maximum atomic E-state index is 5.68. The van der Waals surface area contributed by atoms with Crippen LogP contribution in [0.25, 0.3) is 0 Å². The Labute approximate surface area is 123 Å². The largest absolute Gasteiger partial charge is 0.494 e. The Bertz CT molecular complexity index is 333. The topological polar surface area (TPSA) is 27.7 Å². The van der Waals surface area contributed by atoms with Crippen molar-refractivity contribution in [1.82, 2.24) is 0 Å². The zero-order chi connectivity index (χ0) is 14.6. The summed E-state index contributed by atoms with van der Waals surface area (Å²) in [5.41, 5.74) is 0. The van der Waals surface area contributed by atoms with Gasteiger partial charge in [0.15, 0.2) is 0 Å². The molecule has 1 aromatic rings. The standard InChI is InChI=1S/C17H28O3/c1-4-5-6-7-12-19-16-8-10-17(11-9-16)20-14-13-18-15(2)3/h8-11,15H,4-7,12-14H2,1-3H3. The molecule has 20 heavy (non-hydrogen) atoms. The van der Waals surface area contributed by atoms with Crippen LogP contribution in [0.1, 0.15) is 46.5 Å². The van der Waals surface area contributed by atoms with Crippen molar-refractivity contribution < 1.29 is 14.2 Å². The lowest BCUT2D eigenvalue weighted by atomic mass is 10.2. The average molecular weight is 280 g/mol. The van der Waals surface area contributed by atoms with E-state index in [0.717, 1.165) is 24.5 Å². The van der Waals surface area contributed by atoms with Gasteiger partial charge in [-0.3, -0.25) is 0 Å². The number of rotatable bonds is 11. The molecule has 0 N–H and O–H groups in total. The second-order valence-electron chi connectivity index (χ2n) is 5.15. The van der Waals surface area contributed by atoms with Crippen LogP contribution in [0.3, 0.4) is 0 Å². The van der Waals surface area contributed by atoms with Crippen LogP contribution in [-0.2, 0) is 4.74 Å². The highest BCUT2D eigenvalue weighted by atomic mass is 16.5. The van der Waals surface area contributed by atoms with Crippen LogP contribution in [0, 0.1) is 0 Å². The van der Waals surface area contributed by atoms with E-state index in [4.69, 9.17) is 14.2 Å². The van der Waals surface area contributed by atoms with Gasteiger partial charge in [0.1, 0.15) is 18.1 Å². The van der Waals surface area contributed by atoms with Crippen molar-refractivity contribution in [2.24, 2.45) is 0 Å². The van der Waals surface area contributed by atoms with Gasteiger partial charge in [-0.25, -0.2) is 0 Å². The summed E-state index contributed by atoms with van der Waals surface area (Å²) in [4.78, 5) is 0. The molecular weight excluding hydrogens is 252 g/mol. The summed E-state index contributed by atoms with van der Waals surface area (Å²) in [5.74, 6) is 1.77. The van der Waals surface area contributed by atoms with E-state index in [9.17, 15) is 0 Å². The van der Waals surface area contributed by atoms with Gasteiger partial charge in [-0.1, -0.05) is 26.2 Å². The third-order valence-corrected chi connectivity index (χ3v) is 2.89. The Kier molecular flexibility index (Phi) is 8.88. The lowest BCUT2D eigenvalue weighted by Gasteiger charge is -2.10. The second kappa shape index (κ2) is 10.6. The predicted octanol–water partition coefficient (Wildman–Crippen LogP) is 4.45. The minimum Gasteiger partial charge on any atom is -0.494 e. The molecule has 0 aliphatic rings. The molecule has 3 nitrogen and oxygen atoms in total. The molecule has 0 bridgehead atoms. The van der Waals surface area contributed by atoms with Gasteiger partial charge < -0.3 is 14.2 Å². The van der Waals surface area contributed by atoms with Crippen molar-refractivity contribution >= 4 is 0 Å². The monoisotopic (exact) mass is 280 g/mol. The van der Waals surface area contributed by atoms with E-state index in [1.165, 1.54) is 19.3 Å². The normalized spacial score (nSPS) is 10.8. The summed E-state index contributed by atoms with van der Waals surface area (Å²) in [7, 11) is 0. The van der Waals surface area contributed by atoms with Gasteiger partial charge in [0, 0.05) is 0 Å². The predicted molar refractivity (Wildman–Crippen MR) is 82.7 cm³/mol. The highest BCUT2D eigenvalue weighted by Gasteiger charge is 1.98. The lowest BCUT2D eigenvalue weighted by Crippen LogP contribution is -2.11. The summed E-state index contributed by atoms with van der Waals surface area (Å²) in [5, 5.41) is 0. The molecule has 0 heterocycles. The molecule has 0 aliphatic heterocycles. The van der Waals surface area contributed by atoms with Crippen molar-refractivity contribution in [3.05, 3.63) is 24.3 Å². The fourth-order valence-corrected chi connectivity index (χ4v) is 1.79. The molecule has 3 heteroatoms. The second-order valence-corrected chi connectivity index (χ2v) is 5.15. The molecule has 0 atom stereocenters. The minimum absolute atomic E-state index is 0.252. The van der Waals surface area contributed by atoms with Crippen LogP contribution in [0.2, 0.25) is 0 Å². The first-order valence-corrected chi connectivity index (χ1v) is 7.69. The Hall–Kier alpha value is -1.22. The van der Waals surface area contributed by atoms with Crippen molar-refractivity contribution in [3.8, 4) is 11.5 Å². The molecule has 114 valence electrons. The van der Waals surface area contributed by atoms with Crippen molar-refractivity contribution in [1.29, 1.82) is 0 Å². The lowest BCUT2D eigenvalue weighted by molar-refractivity contribution is 0.0552.